The van der Waals surface area contributed by atoms with Gasteiger partial charge in [-0.15, -0.1) is 0 Å². The van der Waals surface area contributed by atoms with Crippen molar-refractivity contribution in [2.75, 3.05) is 5.32 Å². The molecule has 2 rings (SSSR count). The zero-order chi connectivity index (χ0) is 12.3. The highest BCUT2D eigenvalue weighted by Crippen LogP contribution is 2.11. The number of rotatable bonds is 3. The quantitative estimate of drug-likeness (QED) is 0.863. The summed E-state index contributed by atoms with van der Waals surface area (Å²) in [5.74, 6) is 1.06. The molecule has 6 heteroatoms. The topological polar surface area (TPSA) is 79.4 Å². The average Bonchev–Trinajstić information content (AvgIpc) is 2.76. The van der Waals surface area contributed by atoms with Crippen molar-refractivity contribution in [3.63, 3.8) is 0 Å². The summed E-state index contributed by atoms with van der Waals surface area (Å²) >= 11 is 0. The van der Waals surface area contributed by atoms with E-state index in [9.17, 15) is 0 Å². The third-order valence-electron chi connectivity index (χ3n) is 2.17. The Morgan fingerprint density at radius 3 is 2.94 bits per heavy atom. The Balaban J connectivity index is 2.24. The Hall–Kier alpha value is -2.42. The molecule has 0 saturated carbocycles. The fourth-order valence-electron chi connectivity index (χ4n) is 1.40. The van der Waals surface area contributed by atoms with E-state index in [0.29, 0.717) is 17.5 Å². The monoisotopic (exact) mass is 228 g/mol. The lowest BCUT2D eigenvalue weighted by Gasteiger charge is -2.02. The van der Waals surface area contributed by atoms with Crippen molar-refractivity contribution in [3.8, 4) is 6.07 Å². The van der Waals surface area contributed by atoms with Crippen LogP contribution in [0.15, 0.2) is 18.3 Å². The average molecular weight is 228 g/mol. The van der Waals surface area contributed by atoms with Crippen molar-refractivity contribution >= 4 is 11.8 Å². The lowest BCUT2D eigenvalue weighted by molar-refractivity contribution is 0.662. The molecule has 6 nitrogen and oxygen atoms in total. The number of aryl methyl sites for hydroxylation is 2. The molecule has 0 radical (unpaired) electrons. The molecule has 0 aliphatic carbocycles. The maximum atomic E-state index is 8.81. The molecule has 0 amide bonds. The van der Waals surface area contributed by atoms with E-state index in [-0.39, 0.29) is 0 Å². The number of nitrogens with one attached hydrogen (secondary N) is 1. The molecule has 0 aliphatic rings. The summed E-state index contributed by atoms with van der Waals surface area (Å²) < 4.78 is 1.79. The summed E-state index contributed by atoms with van der Waals surface area (Å²) in [6.07, 6.45) is 1.86. The fraction of sp³-hybridized carbons (Fsp3) is 0.273. The maximum Gasteiger partial charge on any atom is 0.229 e. The van der Waals surface area contributed by atoms with Crippen LogP contribution in [0, 0.1) is 18.3 Å². The van der Waals surface area contributed by atoms with Crippen LogP contribution in [0.5, 0.6) is 0 Å². The summed E-state index contributed by atoms with van der Waals surface area (Å²) in [4.78, 5) is 8.24. The van der Waals surface area contributed by atoms with Crippen LogP contribution >= 0.6 is 0 Å². The van der Waals surface area contributed by atoms with E-state index in [2.05, 4.69) is 20.4 Å². The van der Waals surface area contributed by atoms with Gasteiger partial charge >= 0.3 is 0 Å². The van der Waals surface area contributed by atoms with Crippen molar-refractivity contribution in [1.29, 1.82) is 5.26 Å². The summed E-state index contributed by atoms with van der Waals surface area (Å²) in [6.45, 7) is 4.63. The summed E-state index contributed by atoms with van der Waals surface area (Å²) in [5.41, 5.74) is 1.09. The molecule has 0 aromatic carbocycles. The molecule has 2 aromatic heterocycles. The van der Waals surface area contributed by atoms with E-state index < -0.39 is 0 Å². The van der Waals surface area contributed by atoms with Gasteiger partial charge in [0, 0.05) is 24.5 Å². The highest BCUT2D eigenvalue weighted by Gasteiger charge is 2.04. The number of anilines is 2. The highest BCUT2D eigenvalue weighted by molar-refractivity contribution is 5.47. The van der Waals surface area contributed by atoms with Gasteiger partial charge in [-0.1, -0.05) is 0 Å². The van der Waals surface area contributed by atoms with Crippen molar-refractivity contribution in [1.82, 2.24) is 19.7 Å². The molecule has 17 heavy (non-hydrogen) atoms. The molecular weight excluding hydrogens is 216 g/mol. The van der Waals surface area contributed by atoms with Gasteiger partial charge in [-0.05, 0) is 19.9 Å². The van der Waals surface area contributed by atoms with Crippen LogP contribution in [0.1, 0.15) is 18.3 Å². The van der Waals surface area contributed by atoms with Gasteiger partial charge in [0.1, 0.15) is 11.8 Å². The largest absolute Gasteiger partial charge is 0.307 e. The van der Waals surface area contributed by atoms with Gasteiger partial charge < -0.3 is 5.32 Å². The van der Waals surface area contributed by atoms with Crippen molar-refractivity contribution < 1.29 is 0 Å². The molecule has 0 spiro atoms. The molecule has 86 valence electrons. The van der Waals surface area contributed by atoms with E-state index >= 15 is 0 Å². The Labute approximate surface area is 98.9 Å². The summed E-state index contributed by atoms with van der Waals surface area (Å²) in [6, 6.07) is 5.46. The van der Waals surface area contributed by atoms with E-state index in [1.165, 1.54) is 0 Å². The molecule has 1 N–H and O–H groups in total. The first-order valence-electron chi connectivity index (χ1n) is 5.27. The van der Waals surface area contributed by atoms with Crippen LogP contribution in [-0.4, -0.2) is 19.7 Å². The van der Waals surface area contributed by atoms with E-state index in [4.69, 9.17) is 5.26 Å². The molecule has 0 aliphatic heterocycles. The predicted molar refractivity (Wildman–Crippen MR) is 62.7 cm³/mol. The third-order valence-corrected chi connectivity index (χ3v) is 2.17. The van der Waals surface area contributed by atoms with Gasteiger partial charge in [0.05, 0.1) is 0 Å². The number of hydrogen-bond acceptors (Lipinski definition) is 5. The van der Waals surface area contributed by atoms with Crippen molar-refractivity contribution in [2.45, 2.75) is 20.4 Å². The minimum absolute atomic E-state index is 0.343. The fourth-order valence-corrected chi connectivity index (χ4v) is 1.40. The normalized spacial score (nSPS) is 9.94. The molecule has 0 unspecified atom stereocenters. The van der Waals surface area contributed by atoms with Gasteiger partial charge in [0.15, 0.2) is 5.82 Å². The first kappa shape index (κ1) is 11.1. The van der Waals surface area contributed by atoms with Crippen LogP contribution in [-0.2, 0) is 6.54 Å². The standard InChI is InChI=1S/C11H12N6/c1-3-17-5-4-10(16-17)15-11-13-8(2)6-9(7-12)14-11/h4-6H,3H2,1-2H3,(H,13,14,15,16). The van der Waals surface area contributed by atoms with Crippen LogP contribution < -0.4 is 5.32 Å². The predicted octanol–water partition coefficient (Wildman–Crippen LogP) is 1.62. The highest BCUT2D eigenvalue weighted by atomic mass is 15.3. The second-order valence-corrected chi connectivity index (χ2v) is 3.51. The lowest BCUT2D eigenvalue weighted by atomic mass is 10.3. The Kier molecular flexibility index (Phi) is 3.01. The number of nitriles is 1. The third kappa shape index (κ3) is 2.58. The first-order chi connectivity index (χ1) is 8.21. The van der Waals surface area contributed by atoms with E-state index in [1.54, 1.807) is 10.7 Å². The first-order valence-corrected chi connectivity index (χ1v) is 5.27. The zero-order valence-electron chi connectivity index (χ0n) is 9.68. The molecule has 0 atom stereocenters. The second kappa shape index (κ2) is 4.61. The van der Waals surface area contributed by atoms with Crippen LogP contribution in [0.4, 0.5) is 11.8 Å². The van der Waals surface area contributed by atoms with Gasteiger partial charge in [-0.25, -0.2) is 9.97 Å². The smallest absolute Gasteiger partial charge is 0.229 e. The maximum absolute atomic E-state index is 8.81. The molecule has 0 fully saturated rings. The van der Waals surface area contributed by atoms with Gasteiger partial charge in [0.25, 0.3) is 0 Å². The van der Waals surface area contributed by atoms with Crippen molar-refractivity contribution in [3.05, 3.63) is 29.7 Å². The van der Waals surface area contributed by atoms with Crippen molar-refractivity contribution in [2.24, 2.45) is 0 Å². The molecular formula is C11H12N6. The Morgan fingerprint density at radius 1 is 1.47 bits per heavy atom. The van der Waals surface area contributed by atoms with Crippen LogP contribution in [0.25, 0.3) is 0 Å². The molecule has 2 heterocycles. The number of aromatic nitrogens is 4. The van der Waals surface area contributed by atoms with E-state index in [1.807, 2.05) is 32.2 Å². The number of nitrogens with zero attached hydrogens (tertiary/aromatic N) is 5. The van der Waals surface area contributed by atoms with Crippen LogP contribution in [0.3, 0.4) is 0 Å². The SMILES string of the molecule is CCn1ccc(Nc2nc(C)cc(C#N)n2)n1. The summed E-state index contributed by atoms with van der Waals surface area (Å²) in [7, 11) is 0. The lowest BCUT2D eigenvalue weighted by Crippen LogP contribution is -2.02. The van der Waals surface area contributed by atoms with Gasteiger partial charge in [-0.3, -0.25) is 4.68 Å². The number of hydrogen-bond donors (Lipinski definition) is 1. The van der Waals surface area contributed by atoms with Gasteiger partial charge in [-0.2, -0.15) is 10.4 Å². The Morgan fingerprint density at radius 2 is 2.29 bits per heavy atom. The minimum Gasteiger partial charge on any atom is -0.307 e. The molecule has 0 saturated heterocycles. The minimum atomic E-state index is 0.343. The Bertz CT molecular complexity index is 566. The van der Waals surface area contributed by atoms with Gasteiger partial charge in [0.2, 0.25) is 5.95 Å². The van der Waals surface area contributed by atoms with E-state index in [0.717, 1.165) is 12.2 Å². The van der Waals surface area contributed by atoms with Crippen LogP contribution in [0.2, 0.25) is 0 Å². The molecule has 0 bridgehead atoms. The second-order valence-electron chi connectivity index (χ2n) is 3.51. The summed E-state index contributed by atoms with van der Waals surface area (Å²) in [5, 5.41) is 16.0. The zero-order valence-corrected chi connectivity index (χ0v) is 9.68. The molecule has 2 aromatic rings.